The third-order valence-electron chi connectivity index (χ3n) is 14.4. The molecule has 6 heterocycles. The van der Waals surface area contributed by atoms with Gasteiger partial charge in [0.25, 0.3) is 0 Å². The number of hydrogen-bond donors (Lipinski definition) is 3. The molecule has 12 rings (SSSR count). The van der Waals surface area contributed by atoms with Crippen LogP contribution in [0.5, 0.6) is 0 Å². The minimum Gasteiger partial charge on any atom is -0.512 e. The predicted octanol–water partition coefficient (Wildman–Crippen LogP) is 22.6. The van der Waals surface area contributed by atoms with E-state index in [1.165, 1.54) is 18.2 Å². The fraction of sp³-hybridized carbons (Fsp3) is 0.286. The van der Waals surface area contributed by atoms with Gasteiger partial charge in [-0.25, -0.2) is 0 Å². The molecule has 0 aliphatic heterocycles. The largest absolute Gasteiger partial charge is 0.512 e. The van der Waals surface area contributed by atoms with Crippen LogP contribution in [0.15, 0.2) is 231 Å². The second-order valence-electron chi connectivity index (χ2n) is 26.2. The van der Waals surface area contributed by atoms with Crippen LogP contribution in [0.2, 0.25) is 0 Å². The van der Waals surface area contributed by atoms with Crippen molar-refractivity contribution in [1.82, 2.24) is 15.0 Å². The van der Waals surface area contributed by atoms with Crippen molar-refractivity contribution >= 4 is 83.3 Å². The standard InChI is InChI=1S/3C17H10NO.3C11H20O2.3Ir/c1-2-6-12(7-3-1)15-10-14-13-8-4-5-9-16(13)19-17(14)11-18-15;1-2-6-12(7-3-1)15-11-10-14-13-8-4-5-9-16(13)19-17(14)18-15;1-2-6-12(7-3-1)16-17-14(10-11-18-16)13-8-4-5-9-15(13)19-17;3*1-8(2)5-10(12)7-11(13)6-9(3)4;;;/h3*1-6,8-11H;3*7-9,12H,5-6H2,1-4H3;;;/q3*-1;;;;;;. The fourth-order valence-corrected chi connectivity index (χ4v) is 10.4. The van der Waals surface area contributed by atoms with Crippen LogP contribution in [0.25, 0.3) is 99.7 Å². The summed E-state index contributed by atoms with van der Waals surface area (Å²) in [6.45, 7) is 24.0. The van der Waals surface area contributed by atoms with Gasteiger partial charge in [-0.3, -0.25) is 19.4 Å². The third kappa shape index (κ3) is 26.7. The molecule has 0 saturated carbocycles. The number of para-hydroxylation sites is 3. The molecule has 0 spiro atoms. The van der Waals surface area contributed by atoms with Crippen molar-refractivity contribution in [2.75, 3.05) is 0 Å². The van der Waals surface area contributed by atoms with E-state index in [9.17, 15) is 29.7 Å². The smallest absolute Gasteiger partial charge is 0.218 e. The summed E-state index contributed by atoms with van der Waals surface area (Å²) in [7, 11) is 0. The second kappa shape index (κ2) is 42.0. The first-order valence-corrected chi connectivity index (χ1v) is 33.0. The van der Waals surface area contributed by atoms with Gasteiger partial charge in [0.2, 0.25) is 5.71 Å². The van der Waals surface area contributed by atoms with E-state index in [0.29, 0.717) is 79.7 Å². The summed E-state index contributed by atoms with van der Waals surface area (Å²) in [4.78, 5) is 47.1. The van der Waals surface area contributed by atoms with Gasteiger partial charge in [0.15, 0.2) is 22.9 Å². The number of allylic oxidation sites excluding steroid dienone is 6. The number of rotatable bonds is 18. The molecule has 525 valence electrons. The Morgan fingerprint density at radius 2 is 0.768 bits per heavy atom. The van der Waals surface area contributed by atoms with Crippen LogP contribution in [0, 0.1) is 53.7 Å². The molecule has 0 aliphatic carbocycles. The number of aliphatic hydroxyl groups is 3. The quantitative estimate of drug-likeness (QED) is 0.0419. The topological polar surface area (TPSA) is 190 Å². The summed E-state index contributed by atoms with van der Waals surface area (Å²) in [5.41, 5.74) is 10.5. The van der Waals surface area contributed by atoms with Gasteiger partial charge < -0.3 is 38.5 Å². The molecule has 6 aromatic heterocycles. The van der Waals surface area contributed by atoms with Crippen LogP contribution in [-0.2, 0) is 74.7 Å². The Bertz CT molecular complexity index is 4430. The first-order chi connectivity index (χ1) is 46.0. The molecule has 15 heteroatoms. The molecule has 0 aliphatic rings. The molecule has 0 fully saturated rings. The zero-order valence-corrected chi connectivity index (χ0v) is 65.6. The molecule has 0 saturated heterocycles. The fourth-order valence-electron chi connectivity index (χ4n) is 10.4. The number of carbonyl (C=O) groups is 3. The first kappa shape index (κ1) is 83.2. The van der Waals surface area contributed by atoms with Crippen molar-refractivity contribution in [2.45, 2.75) is 122 Å². The molecule has 12 aromatic rings. The molecular formula is C84H90Ir3N3O9-3. The van der Waals surface area contributed by atoms with E-state index < -0.39 is 0 Å². The van der Waals surface area contributed by atoms with Crippen LogP contribution in [0.3, 0.4) is 0 Å². The van der Waals surface area contributed by atoms with Gasteiger partial charge in [0.1, 0.15) is 22.3 Å². The van der Waals surface area contributed by atoms with Gasteiger partial charge in [-0.1, -0.05) is 156 Å². The van der Waals surface area contributed by atoms with Gasteiger partial charge in [0.05, 0.1) is 23.5 Å². The third-order valence-corrected chi connectivity index (χ3v) is 14.4. The molecule has 0 atom stereocenters. The van der Waals surface area contributed by atoms with Gasteiger partial charge in [-0.15, -0.1) is 108 Å². The predicted molar refractivity (Wildman–Crippen MR) is 391 cm³/mol. The van der Waals surface area contributed by atoms with Crippen LogP contribution < -0.4 is 0 Å². The van der Waals surface area contributed by atoms with Crippen molar-refractivity contribution in [3.63, 3.8) is 0 Å². The molecule has 12 nitrogen and oxygen atoms in total. The summed E-state index contributed by atoms with van der Waals surface area (Å²) in [6, 6.07) is 65.3. The number of benzene rings is 6. The monoisotopic (exact) mass is 1860 g/mol. The Morgan fingerprint density at radius 1 is 0.384 bits per heavy atom. The van der Waals surface area contributed by atoms with E-state index in [-0.39, 0.29) is 94.9 Å². The zero-order chi connectivity index (χ0) is 69.3. The van der Waals surface area contributed by atoms with Gasteiger partial charge in [-0.05, 0) is 71.2 Å². The van der Waals surface area contributed by atoms with E-state index in [1.54, 1.807) is 6.20 Å². The normalized spacial score (nSPS) is 11.4. The molecular weight excluding hydrogens is 1770 g/mol. The van der Waals surface area contributed by atoms with Gasteiger partial charge in [0, 0.05) is 161 Å². The molecule has 6 aromatic carbocycles. The number of ketones is 3. The van der Waals surface area contributed by atoms with Crippen molar-refractivity contribution in [3.8, 4) is 33.8 Å². The van der Waals surface area contributed by atoms with E-state index >= 15 is 0 Å². The molecule has 3 N–H and O–H groups in total. The van der Waals surface area contributed by atoms with E-state index in [1.807, 2.05) is 229 Å². The Kier molecular flexibility index (Phi) is 35.3. The summed E-state index contributed by atoms with van der Waals surface area (Å²) >= 11 is 0. The molecule has 0 unspecified atom stereocenters. The maximum atomic E-state index is 11.2. The van der Waals surface area contributed by atoms with Crippen molar-refractivity contribution in [3.05, 3.63) is 236 Å². The Morgan fingerprint density at radius 3 is 1.20 bits per heavy atom. The van der Waals surface area contributed by atoms with E-state index in [4.69, 9.17) is 13.3 Å². The number of fused-ring (bicyclic) bond motifs is 9. The Hall–Kier alpha value is -8.25. The number of carbonyl (C=O) groups excluding carboxylic acids is 3. The number of nitrogens with zero attached hydrogens (tertiary/aromatic N) is 3. The van der Waals surface area contributed by atoms with Crippen molar-refractivity contribution in [2.24, 2.45) is 35.5 Å². The van der Waals surface area contributed by atoms with Crippen LogP contribution in [0.4, 0.5) is 0 Å². The SMILES string of the molecule is CC(C)CC(=O)C=C(O)CC(C)C.CC(C)CC(=O)C=C(O)CC(C)C.CC(C)CC(=O)C=C(O)CC(C)C.[Ir].[Ir].[Ir].[c-]1ccccc1-c1cc2c(cn1)oc1ccccc12.[c-]1ccccc1-c1ccc2c(n1)oc1ccccc12.[c-]1ccccc1-c1nccc2c1oc1ccccc12. The van der Waals surface area contributed by atoms with Crippen LogP contribution in [-0.4, -0.2) is 47.6 Å². The Balaban J connectivity index is 0.000000254. The summed E-state index contributed by atoms with van der Waals surface area (Å²) in [5, 5.41) is 34.6. The number of aromatic nitrogens is 3. The number of pyridine rings is 3. The minimum atomic E-state index is 0. The van der Waals surface area contributed by atoms with E-state index in [0.717, 1.165) is 94.0 Å². The van der Waals surface area contributed by atoms with Crippen LogP contribution >= 0.6 is 0 Å². The Labute approximate surface area is 623 Å². The number of hydrogen-bond acceptors (Lipinski definition) is 12. The summed E-state index contributed by atoms with van der Waals surface area (Å²) in [5.74, 6) is 2.94. The van der Waals surface area contributed by atoms with Crippen LogP contribution in [0.1, 0.15) is 122 Å². The van der Waals surface area contributed by atoms with Crippen molar-refractivity contribution in [1.29, 1.82) is 0 Å². The number of aliphatic hydroxyl groups excluding tert-OH is 3. The van der Waals surface area contributed by atoms with Crippen molar-refractivity contribution < 1.29 is 103 Å². The molecule has 3 radical (unpaired) electrons. The molecule has 99 heavy (non-hydrogen) atoms. The molecule has 0 amide bonds. The molecule has 0 bridgehead atoms. The summed E-state index contributed by atoms with van der Waals surface area (Å²) < 4.78 is 17.5. The second-order valence-corrected chi connectivity index (χ2v) is 26.2. The average molecular weight is 1860 g/mol. The maximum Gasteiger partial charge on any atom is 0.218 e. The maximum absolute atomic E-state index is 11.2. The average Bonchev–Trinajstić information content (AvgIpc) is 1.65. The van der Waals surface area contributed by atoms with Gasteiger partial charge >= 0.3 is 0 Å². The van der Waals surface area contributed by atoms with E-state index in [2.05, 4.69) is 63.5 Å². The minimum absolute atomic E-state index is 0. The van der Waals surface area contributed by atoms with Gasteiger partial charge in [-0.2, -0.15) is 0 Å². The summed E-state index contributed by atoms with van der Waals surface area (Å²) in [6.07, 6.45) is 11.0. The zero-order valence-electron chi connectivity index (χ0n) is 58.4. The first-order valence-electron chi connectivity index (χ1n) is 33.0. The number of furan rings is 3.